The number of esters is 2. The van der Waals surface area contributed by atoms with E-state index in [4.69, 9.17) is 24.3 Å². The van der Waals surface area contributed by atoms with Crippen molar-refractivity contribution in [3.63, 3.8) is 0 Å². The number of unbranched alkanes of at least 4 members (excludes halogenated alkanes) is 40. The summed E-state index contributed by atoms with van der Waals surface area (Å²) in [6.45, 7) is 3.57. The maximum Gasteiger partial charge on any atom is 0.472 e. The molecule has 2 unspecified atom stereocenters. The summed E-state index contributed by atoms with van der Waals surface area (Å²) in [5, 5.41) is 0. The van der Waals surface area contributed by atoms with Gasteiger partial charge in [0, 0.05) is 19.4 Å². The third-order valence-electron chi connectivity index (χ3n) is 16.0. The topological polar surface area (TPSA) is 134 Å². The molecule has 3 N–H and O–H groups in total. The van der Waals surface area contributed by atoms with Crippen LogP contribution in [-0.2, 0) is 32.7 Å². The number of allylic oxidation sites excluding steroid dienone is 16. The van der Waals surface area contributed by atoms with Crippen LogP contribution in [0.1, 0.15) is 348 Å². The average Bonchev–Trinajstić information content (AvgIpc) is 3.64. The fraction of sp³-hybridized carbons (Fsp3) is 0.766. The highest BCUT2D eigenvalue weighted by Crippen LogP contribution is 2.43. The fourth-order valence-corrected chi connectivity index (χ4v) is 11.4. The molecule has 0 heterocycles. The van der Waals surface area contributed by atoms with Crippen LogP contribution in [0.3, 0.4) is 0 Å². The van der Waals surface area contributed by atoms with Crippen LogP contribution >= 0.6 is 7.82 Å². The number of carbonyl (C=O) groups excluding carboxylic acids is 2. The SMILES string of the molecule is CC/C=C\C/C=C\C/C=C\C/C=C\CCCCCCCCCCCCCCCCCCCCCCCCCCCCC(=O)OC(COC(=O)CCCCCCCCCCCCCCCC/C=C\C/C=C\C/C=C\C/C=C\CC)COP(=O)(O)OCCN. The van der Waals surface area contributed by atoms with E-state index in [1.807, 2.05) is 0 Å². The average molecular weight is 1240 g/mol. The van der Waals surface area contributed by atoms with Crippen LogP contribution in [0.25, 0.3) is 0 Å². The van der Waals surface area contributed by atoms with Crippen LogP contribution in [0, 0.1) is 0 Å². The molecule has 10 heteroatoms. The maximum atomic E-state index is 12.8. The van der Waals surface area contributed by atoms with Crippen molar-refractivity contribution in [2.24, 2.45) is 5.73 Å². The molecule has 0 aliphatic heterocycles. The molecule has 0 aromatic heterocycles. The van der Waals surface area contributed by atoms with E-state index in [1.54, 1.807) is 0 Å². The molecule has 0 saturated carbocycles. The predicted molar refractivity (Wildman–Crippen MR) is 376 cm³/mol. The number of nitrogens with two attached hydrogens (primary N) is 1. The van der Waals surface area contributed by atoms with Crippen molar-refractivity contribution in [1.29, 1.82) is 0 Å². The van der Waals surface area contributed by atoms with E-state index in [0.717, 1.165) is 83.5 Å². The Balaban J connectivity index is 3.79. The zero-order valence-corrected chi connectivity index (χ0v) is 57.6. The summed E-state index contributed by atoms with van der Waals surface area (Å²) < 4.78 is 33.2. The third kappa shape index (κ3) is 71.9. The van der Waals surface area contributed by atoms with E-state index >= 15 is 0 Å². The number of phosphoric acid groups is 1. The zero-order valence-electron chi connectivity index (χ0n) is 56.7. The Labute approximate surface area is 537 Å². The summed E-state index contributed by atoms with van der Waals surface area (Å²) in [4.78, 5) is 35.4. The zero-order chi connectivity index (χ0) is 63.0. The highest BCUT2D eigenvalue weighted by atomic mass is 31.2. The van der Waals surface area contributed by atoms with Gasteiger partial charge in [0.25, 0.3) is 0 Å². The molecule has 0 bridgehead atoms. The molecule has 0 aromatic carbocycles. The molecular formula is C77H138NO8P. The van der Waals surface area contributed by atoms with E-state index in [9.17, 15) is 19.0 Å². The van der Waals surface area contributed by atoms with Gasteiger partial charge >= 0.3 is 19.8 Å². The van der Waals surface area contributed by atoms with Crippen molar-refractivity contribution in [3.05, 3.63) is 97.2 Å². The molecule has 0 fully saturated rings. The number of rotatable bonds is 69. The smallest absolute Gasteiger partial charge is 0.462 e. The second-order valence-electron chi connectivity index (χ2n) is 24.4. The first kappa shape index (κ1) is 83.9. The highest BCUT2D eigenvalue weighted by molar-refractivity contribution is 7.47. The number of hydrogen-bond donors (Lipinski definition) is 2. The second kappa shape index (κ2) is 72.0. The van der Waals surface area contributed by atoms with E-state index < -0.39 is 26.5 Å². The van der Waals surface area contributed by atoms with E-state index in [1.165, 1.54) is 231 Å². The first-order chi connectivity index (χ1) is 42.8. The van der Waals surface area contributed by atoms with E-state index in [2.05, 4.69) is 111 Å². The Morgan fingerprint density at radius 3 is 0.885 bits per heavy atom. The van der Waals surface area contributed by atoms with Gasteiger partial charge in [-0.1, -0.05) is 342 Å². The minimum absolute atomic E-state index is 0.0527. The molecular weight excluding hydrogens is 1100 g/mol. The number of carbonyl (C=O) groups is 2. The molecule has 0 aromatic rings. The highest BCUT2D eigenvalue weighted by Gasteiger charge is 2.26. The summed E-state index contributed by atoms with van der Waals surface area (Å²) in [6, 6.07) is 0. The lowest BCUT2D eigenvalue weighted by atomic mass is 10.0. The summed E-state index contributed by atoms with van der Waals surface area (Å²) in [6.07, 6.45) is 98.1. The Hall–Kier alpha value is -3.07. The van der Waals surface area contributed by atoms with Gasteiger partial charge in [0.15, 0.2) is 6.10 Å². The molecule has 9 nitrogen and oxygen atoms in total. The van der Waals surface area contributed by atoms with E-state index in [0.29, 0.717) is 6.42 Å². The molecule has 0 aliphatic rings. The monoisotopic (exact) mass is 1240 g/mol. The Bertz CT molecular complexity index is 1750. The van der Waals surface area contributed by atoms with Gasteiger partial charge in [0.2, 0.25) is 0 Å². The lowest BCUT2D eigenvalue weighted by Crippen LogP contribution is -2.29. The quantitative estimate of drug-likeness (QED) is 0.0264. The predicted octanol–water partition coefficient (Wildman–Crippen LogP) is 24.3. The molecule has 2 atom stereocenters. The van der Waals surface area contributed by atoms with E-state index in [-0.39, 0.29) is 38.6 Å². The Morgan fingerprint density at radius 1 is 0.345 bits per heavy atom. The van der Waals surface area contributed by atoms with Crippen molar-refractivity contribution in [1.82, 2.24) is 0 Å². The van der Waals surface area contributed by atoms with Gasteiger partial charge in [-0.15, -0.1) is 0 Å². The standard InChI is InChI=1S/C77H138NO8P/c1-3-5-7-9-11-13-15-17-19-21-23-25-27-29-31-32-33-34-35-36-37-38-39-40-41-42-44-46-48-50-52-54-56-58-60-62-64-66-68-70-77(80)86-75(74-85-87(81,82)84-72-71-78)73-83-76(79)69-67-65-63-61-59-57-55-53-51-49-47-45-43-30-28-26-24-22-20-18-16-14-12-10-8-6-4-2/h5-8,11-14,17-20,23-26,75H,3-4,9-10,15-16,21-22,27-74,78H2,1-2H3,(H,81,82)/b7-5-,8-6-,13-11-,14-12-,19-17-,20-18-,25-23-,26-24-. The van der Waals surface area contributed by atoms with Crippen molar-refractivity contribution < 1.29 is 37.6 Å². The minimum Gasteiger partial charge on any atom is -0.462 e. The van der Waals surface area contributed by atoms with Gasteiger partial charge in [0.05, 0.1) is 13.2 Å². The number of ether oxygens (including phenoxy) is 2. The Morgan fingerprint density at radius 2 is 0.598 bits per heavy atom. The normalized spacial score (nSPS) is 13.5. The van der Waals surface area contributed by atoms with Gasteiger partial charge in [-0.3, -0.25) is 18.6 Å². The van der Waals surface area contributed by atoms with Gasteiger partial charge < -0.3 is 20.1 Å². The largest absolute Gasteiger partial charge is 0.472 e. The van der Waals surface area contributed by atoms with Crippen molar-refractivity contribution >= 4 is 19.8 Å². The number of hydrogen-bond acceptors (Lipinski definition) is 8. The van der Waals surface area contributed by atoms with Gasteiger partial charge in [0.1, 0.15) is 6.61 Å². The minimum atomic E-state index is -4.40. The molecule has 0 rings (SSSR count). The Kier molecular flexibility index (Phi) is 69.5. The summed E-state index contributed by atoms with van der Waals surface area (Å²) in [5.74, 6) is -0.814. The fourth-order valence-electron chi connectivity index (χ4n) is 10.6. The second-order valence-corrected chi connectivity index (χ2v) is 25.9. The summed E-state index contributed by atoms with van der Waals surface area (Å²) in [5.41, 5.74) is 5.41. The molecule has 0 radical (unpaired) electrons. The maximum absolute atomic E-state index is 12.8. The summed E-state index contributed by atoms with van der Waals surface area (Å²) >= 11 is 0. The van der Waals surface area contributed by atoms with Crippen LogP contribution in [0.15, 0.2) is 97.2 Å². The molecule has 504 valence electrons. The van der Waals surface area contributed by atoms with Crippen LogP contribution in [0.4, 0.5) is 0 Å². The van der Waals surface area contributed by atoms with Crippen molar-refractivity contribution in [2.45, 2.75) is 354 Å². The lowest BCUT2D eigenvalue weighted by molar-refractivity contribution is -0.161. The third-order valence-corrected chi connectivity index (χ3v) is 16.9. The van der Waals surface area contributed by atoms with Crippen LogP contribution < -0.4 is 5.73 Å². The van der Waals surface area contributed by atoms with Crippen molar-refractivity contribution in [3.8, 4) is 0 Å². The van der Waals surface area contributed by atoms with Crippen LogP contribution in [-0.4, -0.2) is 49.3 Å². The molecule has 0 amide bonds. The van der Waals surface area contributed by atoms with Gasteiger partial charge in [-0.25, -0.2) is 4.57 Å². The van der Waals surface area contributed by atoms with Gasteiger partial charge in [-0.05, 0) is 89.9 Å². The first-order valence-corrected chi connectivity index (χ1v) is 38.2. The number of phosphoric ester groups is 1. The first-order valence-electron chi connectivity index (χ1n) is 36.7. The van der Waals surface area contributed by atoms with Crippen molar-refractivity contribution in [2.75, 3.05) is 26.4 Å². The lowest BCUT2D eigenvalue weighted by Gasteiger charge is -2.19. The summed E-state index contributed by atoms with van der Waals surface area (Å²) in [7, 11) is -4.40. The van der Waals surface area contributed by atoms with Gasteiger partial charge in [-0.2, -0.15) is 0 Å². The van der Waals surface area contributed by atoms with Crippen LogP contribution in [0.2, 0.25) is 0 Å². The molecule has 0 saturated heterocycles. The molecule has 87 heavy (non-hydrogen) atoms. The molecule has 0 aliphatic carbocycles. The molecule has 0 spiro atoms. The van der Waals surface area contributed by atoms with Crippen LogP contribution in [0.5, 0.6) is 0 Å².